The van der Waals surface area contributed by atoms with Crippen LogP contribution in [-0.4, -0.2) is 36.0 Å². The van der Waals surface area contributed by atoms with Crippen LogP contribution in [0, 0.1) is 0 Å². The first-order valence-electron chi connectivity index (χ1n) is 12.7. The summed E-state index contributed by atoms with van der Waals surface area (Å²) in [6, 6.07) is 24.0. The Morgan fingerprint density at radius 3 is 2.55 bits per heavy atom. The Kier molecular flexibility index (Phi) is 9.06. The maximum absolute atomic E-state index is 13.3. The number of hydrogen-bond donors (Lipinski definition) is 2. The van der Waals surface area contributed by atoms with Gasteiger partial charge in [0.05, 0.1) is 23.1 Å². The molecule has 0 spiro atoms. The number of amides is 4. The van der Waals surface area contributed by atoms with E-state index in [-0.39, 0.29) is 23.9 Å². The van der Waals surface area contributed by atoms with Crippen LogP contribution in [0.5, 0.6) is 5.75 Å². The van der Waals surface area contributed by atoms with Crippen molar-refractivity contribution >= 4 is 75.8 Å². The molecule has 4 aromatic rings. The number of thiophene rings is 1. The second-order valence-electron chi connectivity index (χ2n) is 9.07. The van der Waals surface area contributed by atoms with Crippen molar-refractivity contribution in [1.29, 1.82) is 0 Å². The van der Waals surface area contributed by atoms with Crippen LogP contribution in [-0.2, 0) is 14.4 Å². The van der Waals surface area contributed by atoms with Gasteiger partial charge in [-0.25, -0.2) is 4.90 Å². The molecule has 4 amide bonds. The van der Waals surface area contributed by atoms with E-state index >= 15 is 0 Å². The number of nitrogens with one attached hydrogen (secondary N) is 2. The molecule has 212 valence electrons. The molecule has 1 aliphatic heterocycles. The minimum atomic E-state index is -0.649. The van der Waals surface area contributed by atoms with Crippen molar-refractivity contribution in [3.8, 4) is 5.75 Å². The largest absolute Gasteiger partial charge is 0.495 e. The molecule has 3 aromatic carbocycles. The summed E-state index contributed by atoms with van der Waals surface area (Å²) in [6.07, 6.45) is 1.63. The fraction of sp³-hybridized carbons (Fsp3) is 0.0968. The molecule has 1 aromatic heterocycles. The van der Waals surface area contributed by atoms with Crippen LogP contribution in [0.2, 0.25) is 5.02 Å². The van der Waals surface area contributed by atoms with Crippen LogP contribution in [0.3, 0.4) is 0 Å². The van der Waals surface area contributed by atoms with Crippen molar-refractivity contribution in [2.24, 2.45) is 0 Å². The SMILES string of the molecule is COc1ccc(N2C(=O)CC(Sc3cccc(NC(=O)C(=Cc4cccs4)NC(=O)c4ccccc4)c3)C2=O)cc1Cl. The predicted molar refractivity (Wildman–Crippen MR) is 166 cm³/mol. The fourth-order valence-corrected chi connectivity index (χ4v) is 6.25. The molecule has 8 nitrogen and oxygen atoms in total. The molecule has 1 fully saturated rings. The lowest BCUT2D eigenvalue weighted by atomic mass is 10.2. The molecule has 11 heteroatoms. The molecule has 2 N–H and O–H groups in total. The number of carbonyl (C=O) groups is 4. The van der Waals surface area contributed by atoms with Gasteiger partial charge in [-0.05, 0) is 66.1 Å². The van der Waals surface area contributed by atoms with E-state index in [0.29, 0.717) is 32.6 Å². The molecule has 5 rings (SSSR count). The summed E-state index contributed by atoms with van der Waals surface area (Å²) in [5.41, 5.74) is 1.34. The lowest BCUT2D eigenvalue weighted by Gasteiger charge is -2.16. The van der Waals surface area contributed by atoms with E-state index in [4.69, 9.17) is 16.3 Å². The summed E-state index contributed by atoms with van der Waals surface area (Å²) in [6.45, 7) is 0. The second-order valence-corrected chi connectivity index (χ2v) is 11.7. The van der Waals surface area contributed by atoms with Crippen LogP contribution in [0.15, 0.2) is 101 Å². The highest BCUT2D eigenvalue weighted by molar-refractivity contribution is 8.00. The number of halogens is 1. The number of methoxy groups -OCH3 is 1. The van der Waals surface area contributed by atoms with Crippen LogP contribution < -0.4 is 20.3 Å². The number of ether oxygens (including phenoxy) is 1. The van der Waals surface area contributed by atoms with Gasteiger partial charge in [0.1, 0.15) is 11.4 Å². The highest BCUT2D eigenvalue weighted by Crippen LogP contribution is 2.37. The number of carbonyl (C=O) groups excluding carboxylic acids is 4. The van der Waals surface area contributed by atoms with Gasteiger partial charge >= 0.3 is 0 Å². The molecule has 1 atom stereocenters. The van der Waals surface area contributed by atoms with E-state index in [1.165, 1.54) is 36.3 Å². The first-order valence-corrected chi connectivity index (χ1v) is 14.9. The highest BCUT2D eigenvalue weighted by atomic mass is 35.5. The third kappa shape index (κ3) is 6.73. The summed E-state index contributed by atoms with van der Waals surface area (Å²) >= 11 is 8.87. The molecular formula is C31H24ClN3O5S2. The van der Waals surface area contributed by atoms with Crippen molar-refractivity contribution in [3.05, 3.63) is 111 Å². The van der Waals surface area contributed by atoms with E-state index < -0.39 is 17.1 Å². The van der Waals surface area contributed by atoms with Crippen LogP contribution in [0.25, 0.3) is 6.08 Å². The summed E-state index contributed by atoms with van der Waals surface area (Å²) in [7, 11) is 1.48. The first-order chi connectivity index (χ1) is 20.3. The third-order valence-electron chi connectivity index (χ3n) is 6.23. The van der Waals surface area contributed by atoms with Crippen molar-refractivity contribution in [1.82, 2.24) is 5.32 Å². The zero-order chi connectivity index (χ0) is 29.6. The maximum Gasteiger partial charge on any atom is 0.272 e. The minimum Gasteiger partial charge on any atom is -0.495 e. The van der Waals surface area contributed by atoms with Gasteiger partial charge in [-0.3, -0.25) is 19.2 Å². The quantitative estimate of drug-likeness (QED) is 0.170. The number of benzene rings is 3. The van der Waals surface area contributed by atoms with E-state index in [2.05, 4.69) is 10.6 Å². The number of imide groups is 1. The molecule has 42 heavy (non-hydrogen) atoms. The molecule has 0 aliphatic carbocycles. The molecule has 1 saturated heterocycles. The van der Waals surface area contributed by atoms with E-state index in [1.807, 2.05) is 17.5 Å². The number of hydrogen-bond acceptors (Lipinski definition) is 7. The lowest BCUT2D eigenvalue weighted by Crippen LogP contribution is -2.31. The van der Waals surface area contributed by atoms with Gasteiger partial charge in [-0.15, -0.1) is 23.1 Å². The summed E-state index contributed by atoms with van der Waals surface area (Å²) < 4.78 is 5.16. The van der Waals surface area contributed by atoms with Crippen molar-refractivity contribution in [3.63, 3.8) is 0 Å². The van der Waals surface area contributed by atoms with Crippen molar-refractivity contribution in [2.45, 2.75) is 16.6 Å². The fourth-order valence-electron chi connectivity index (χ4n) is 4.23. The molecule has 1 unspecified atom stereocenters. The normalized spacial score (nSPS) is 15.0. The monoisotopic (exact) mass is 617 g/mol. The summed E-state index contributed by atoms with van der Waals surface area (Å²) in [5.74, 6) is -1.17. The van der Waals surface area contributed by atoms with Gasteiger partial charge < -0.3 is 15.4 Å². The lowest BCUT2D eigenvalue weighted by molar-refractivity contribution is -0.121. The Morgan fingerprint density at radius 2 is 1.83 bits per heavy atom. The second kappa shape index (κ2) is 13.1. The van der Waals surface area contributed by atoms with Crippen molar-refractivity contribution in [2.75, 3.05) is 17.3 Å². The Labute approximate surface area is 255 Å². The van der Waals surface area contributed by atoms with E-state index in [1.54, 1.807) is 72.8 Å². The maximum atomic E-state index is 13.3. The van der Waals surface area contributed by atoms with Crippen molar-refractivity contribution < 1.29 is 23.9 Å². The van der Waals surface area contributed by atoms with Gasteiger partial charge in [-0.2, -0.15) is 0 Å². The Bertz CT molecular complexity index is 1680. The average molecular weight is 618 g/mol. The smallest absolute Gasteiger partial charge is 0.272 e. The molecule has 0 radical (unpaired) electrons. The molecule has 0 bridgehead atoms. The third-order valence-corrected chi connectivity index (χ3v) is 8.52. The Morgan fingerprint density at radius 1 is 1.02 bits per heavy atom. The topological polar surface area (TPSA) is 105 Å². The minimum absolute atomic E-state index is 0.0168. The van der Waals surface area contributed by atoms with Gasteiger partial charge in [0.2, 0.25) is 11.8 Å². The molecular weight excluding hydrogens is 594 g/mol. The molecule has 1 aliphatic rings. The summed E-state index contributed by atoms with van der Waals surface area (Å²) in [4.78, 5) is 54.7. The van der Waals surface area contributed by atoms with Gasteiger partial charge in [0, 0.05) is 27.4 Å². The predicted octanol–water partition coefficient (Wildman–Crippen LogP) is 6.24. The van der Waals surface area contributed by atoms with Gasteiger partial charge in [0.25, 0.3) is 11.8 Å². The van der Waals surface area contributed by atoms with Gasteiger partial charge in [0.15, 0.2) is 0 Å². The van der Waals surface area contributed by atoms with E-state index in [9.17, 15) is 19.2 Å². The Balaban J connectivity index is 1.30. The highest BCUT2D eigenvalue weighted by Gasteiger charge is 2.40. The zero-order valence-electron chi connectivity index (χ0n) is 22.2. The van der Waals surface area contributed by atoms with Crippen LogP contribution in [0.4, 0.5) is 11.4 Å². The Hall–Kier alpha value is -4.38. The van der Waals surface area contributed by atoms with Crippen LogP contribution >= 0.6 is 34.7 Å². The summed E-state index contributed by atoms with van der Waals surface area (Å²) in [5, 5.41) is 7.06. The average Bonchev–Trinajstić information content (AvgIpc) is 3.60. The zero-order valence-corrected chi connectivity index (χ0v) is 24.6. The molecule has 0 saturated carbocycles. The number of thioether (sulfide) groups is 1. The van der Waals surface area contributed by atoms with Crippen LogP contribution in [0.1, 0.15) is 21.7 Å². The van der Waals surface area contributed by atoms with Gasteiger partial charge in [-0.1, -0.05) is 41.9 Å². The number of nitrogens with zero attached hydrogens (tertiary/aromatic N) is 1. The number of rotatable bonds is 9. The molecule has 2 heterocycles. The first kappa shape index (κ1) is 29.1. The van der Waals surface area contributed by atoms with E-state index in [0.717, 1.165) is 9.78 Å². The number of anilines is 2. The standard InChI is InChI=1S/C31H24ClN3O5S2/c1-40-26-13-12-21(16-24(26)32)35-28(36)18-27(31(35)39)42-23-10-5-9-20(15-23)33-30(38)25(17-22-11-6-14-41-22)34-29(37)19-7-3-2-4-8-19/h2-17,27H,18H2,1H3,(H,33,38)(H,34,37).